The minimum absolute atomic E-state index is 0.0145. The van der Waals surface area contributed by atoms with Crippen LogP contribution in [0, 0.1) is 5.82 Å². The second-order valence-electron chi connectivity index (χ2n) is 4.37. The van der Waals surface area contributed by atoms with Crippen LogP contribution < -0.4 is 0 Å². The highest BCUT2D eigenvalue weighted by atomic mass is 35.5. The average Bonchev–Trinajstić information content (AvgIpc) is 2.94. The first-order valence-corrected chi connectivity index (χ1v) is 6.65. The molecule has 1 N–H and O–H groups in total. The minimum atomic E-state index is -0.562. The lowest BCUT2D eigenvalue weighted by Crippen LogP contribution is -2.03. The van der Waals surface area contributed by atoms with Crippen molar-refractivity contribution in [2.75, 3.05) is 0 Å². The molecule has 2 aromatic carbocycles. The van der Waals surface area contributed by atoms with E-state index in [4.69, 9.17) is 11.6 Å². The molecule has 0 saturated heterocycles. The van der Waals surface area contributed by atoms with Crippen LogP contribution in [-0.2, 0) is 6.61 Å². The Balaban J connectivity index is 2.25. The maximum atomic E-state index is 14.2. The molecule has 0 atom stereocenters. The standard InChI is InChI=1S/C15H11ClFN3O/c16-12-8-4-7-11(14(12)17)15-19-18-13(9-21)20(15)10-5-2-1-3-6-10/h1-8,21H,9H2. The second kappa shape index (κ2) is 5.63. The first kappa shape index (κ1) is 13.7. The molecule has 0 unspecified atom stereocenters. The summed E-state index contributed by atoms with van der Waals surface area (Å²) in [5, 5.41) is 17.3. The maximum Gasteiger partial charge on any atom is 0.171 e. The summed E-state index contributed by atoms with van der Waals surface area (Å²) in [7, 11) is 0. The Kier molecular flexibility index (Phi) is 3.68. The van der Waals surface area contributed by atoms with E-state index < -0.39 is 5.82 Å². The molecule has 0 spiro atoms. The van der Waals surface area contributed by atoms with Gasteiger partial charge in [-0.15, -0.1) is 10.2 Å². The zero-order valence-electron chi connectivity index (χ0n) is 10.9. The number of hydrogen-bond donors (Lipinski definition) is 1. The molecule has 0 saturated carbocycles. The van der Waals surface area contributed by atoms with E-state index in [1.807, 2.05) is 30.3 Å². The number of aliphatic hydroxyl groups excluding tert-OH is 1. The monoisotopic (exact) mass is 303 g/mol. The van der Waals surface area contributed by atoms with Gasteiger partial charge in [0.2, 0.25) is 0 Å². The van der Waals surface area contributed by atoms with Gasteiger partial charge in [-0.05, 0) is 24.3 Å². The van der Waals surface area contributed by atoms with E-state index in [1.54, 1.807) is 16.7 Å². The first-order valence-electron chi connectivity index (χ1n) is 6.27. The summed E-state index contributed by atoms with van der Waals surface area (Å²) in [5.41, 5.74) is 0.972. The third kappa shape index (κ3) is 2.41. The molecular weight excluding hydrogens is 293 g/mol. The van der Waals surface area contributed by atoms with Gasteiger partial charge >= 0.3 is 0 Å². The molecule has 0 aliphatic heterocycles. The van der Waals surface area contributed by atoms with Crippen LogP contribution in [0.25, 0.3) is 17.1 Å². The highest BCUT2D eigenvalue weighted by Gasteiger charge is 2.18. The largest absolute Gasteiger partial charge is 0.388 e. The van der Waals surface area contributed by atoms with Gasteiger partial charge < -0.3 is 5.11 Å². The van der Waals surface area contributed by atoms with Crippen LogP contribution in [0.3, 0.4) is 0 Å². The average molecular weight is 304 g/mol. The van der Waals surface area contributed by atoms with Gasteiger partial charge in [-0.2, -0.15) is 0 Å². The van der Waals surface area contributed by atoms with Crippen LogP contribution in [-0.4, -0.2) is 19.9 Å². The zero-order chi connectivity index (χ0) is 14.8. The Morgan fingerprint density at radius 3 is 2.52 bits per heavy atom. The summed E-state index contributed by atoms with van der Waals surface area (Å²) < 4.78 is 15.8. The molecular formula is C15H11ClFN3O. The number of aromatic nitrogens is 3. The maximum absolute atomic E-state index is 14.2. The van der Waals surface area contributed by atoms with E-state index in [1.165, 1.54) is 6.07 Å². The molecule has 106 valence electrons. The van der Waals surface area contributed by atoms with E-state index in [0.717, 1.165) is 5.69 Å². The van der Waals surface area contributed by atoms with Gasteiger partial charge in [-0.1, -0.05) is 35.9 Å². The van der Waals surface area contributed by atoms with Crippen LogP contribution in [0.4, 0.5) is 4.39 Å². The lowest BCUT2D eigenvalue weighted by Gasteiger charge is -2.10. The van der Waals surface area contributed by atoms with Crippen molar-refractivity contribution in [3.63, 3.8) is 0 Å². The highest BCUT2D eigenvalue weighted by Crippen LogP contribution is 2.28. The first-order chi connectivity index (χ1) is 10.2. The van der Waals surface area contributed by atoms with E-state index in [9.17, 15) is 9.50 Å². The van der Waals surface area contributed by atoms with Crippen LogP contribution in [0.2, 0.25) is 5.02 Å². The van der Waals surface area contributed by atoms with Crippen molar-refractivity contribution in [2.45, 2.75) is 6.61 Å². The lowest BCUT2D eigenvalue weighted by atomic mass is 10.2. The van der Waals surface area contributed by atoms with Crippen LogP contribution in [0.15, 0.2) is 48.5 Å². The summed E-state index contributed by atoms with van der Waals surface area (Å²) >= 11 is 5.82. The van der Waals surface area contributed by atoms with E-state index in [-0.39, 0.29) is 17.2 Å². The molecule has 0 radical (unpaired) electrons. The molecule has 1 heterocycles. The summed E-state index contributed by atoms with van der Waals surface area (Å²) in [5.74, 6) is 0.0639. The molecule has 4 nitrogen and oxygen atoms in total. The van der Waals surface area contributed by atoms with Gasteiger partial charge in [0.05, 0.1) is 10.6 Å². The van der Waals surface area contributed by atoms with Gasteiger partial charge in [-0.3, -0.25) is 4.57 Å². The predicted molar refractivity (Wildman–Crippen MR) is 77.7 cm³/mol. The molecule has 6 heteroatoms. The van der Waals surface area contributed by atoms with E-state index in [0.29, 0.717) is 11.6 Å². The Morgan fingerprint density at radius 2 is 1.81 bits per heavy atom. The molecule has 21 heavy (non-hydrogen) atoms. The van der Waals surface area contributed by atoms with Gasteiger partial charge in [-0.25, -0.2) is 4.39 Å². The van der Waals surface area contributed by atoms with Crippen molar-refractivity contribution in [3.05, 3.63) is 65.2 Å². The highest BCUT2D eigenvalue weighted by molar-refractivity contribution is 6.31. The van der Waals surface area contributed by atoms with Gasteiger partial charge in [0.1, 0.15) is 6.61 Å². The number of nitrogens with zero attached hydrogens (tertiary/aromatic N) is 3. The molecule has 3 rings (SSSR count). The van der Waals surface area contributed by atoms with Crippen molar-refractivity contribution >= 4 is 11.6 Å². The topological polar surface area (TPSA) is 50.9 Å². The fourth-order valence-corrected chi connectivity index (χ4v) is 2.29. The molecule has 0 aliphatic rings. The van der Waals surface area contributed by atoms with Gasteiger partial charge in [0.15, 0.2) is 17.5 Å². The number of benzene rings is 2. The Bertz CT molecular complexity index is 774. The number of rotatable bonds is 3. The predicted octanol–water partition coefficient (Wildman–Crippen LogP) is 3.22. The van der Waals surface area contributed by atoms with Crippen LogP contribution >= 0.6 is 11.6 Å². The SMILES string of the molecule is OCc1nnc(-c2cccc(Cl)c2F)n1-c1ccccc1. The fourth-order valence-electron chi connectivity index (χ4n) is 2.12. The van der Waals surface area contributed by atoms with Crippen molar-refractivity contribution in [2.24, 2.45) is 0 Å². The molecule has 0 aliphatic carbocycles. The number of halogens is 2. The molecule has 0 amide bonds. The third-order valence-electron chi connectivity index (χ3n) is 3.08. The van der Waals surface area contributed by atoms with Gasteiger partial charge in [0, 0.05) is 5.69 Å². The number of hydrogen-bond acceptors (Lipinski definition) is 3. The normalized spacial score (nSPS) is 10.8. The Morgan fingerprint density at radius 1 is 1.05 bits per heavy atom. The zero-order valence-corrected chi connectivity index (χ0v) is 11.6. The van der Waals surface area contributed by atoms with Crippen molar-refractivity contribution in [1.82, 2.24) is 14.8 Å². The quantitative estimate of drug-likeness (QED) is 0.808. The summed E-state index contributed by atoms with van der Waals surface area (Å²) in [6.45, 7) is -0.302. The summed E-state index contributed by atoms with van der Waals surface area (Å²) in [4.78, 5) is 0. The summed E-state index contributed by atoms with van der Waals surface area (Å²) in [6, 6.07) is 13.9. The molecule has 0 fully saturated rings. The fraction of sp³-hybridized carbons (Fsp3) is 0.0667. The van der Waals surface area contributed by atoms with Crippen LogP contribution in [0.5, 0.6) is 0 Å². The minimum Gasteiger partial charge on any atom is -0.388 e. The van der Waals surface area contributed by atoms with Crippen LogP contribution in [0.1, 0.15) is 5.82 Å². The molecule has 0 bridgehead atoms. The van der Waals surface area contributed by atoms with Crippen molar-refractivity contribution in [1.29, 1.82) is 0 Å². The summed E-state index contributed by atoms with van der Waals surface area (Å²) in [6.07, 6.45) is 0. The van der Waals surface area contributed by atoms with E-state index in [2.05, 4.69) is 10.2 Å². The second-order valence-corrected chi connectivity index (χ2v) is 4.78. The number of para-hydroxylation sites is 1. The van der Waals surface area contributed by atoms with E-state index >= 15 is 0 Å². The van der Waals surface area contributed by atoms with Gasteiger partial charge in [0.25, 0.3) is 0 Å². The van der Waals surface area contributed by atoms with Crippen molar-refractivity contribution < 1.29 is 9.50 Å². The van der Waals surface area contributed by atoms with Crippen molar-refractivity contribution in [3.8, 4) is 17.1 Å². The third-order valence-corrected chi connectivity index (χ3v) is 3.37. The number of aliphatic hydroxyl groups is 1. The lowest BCUT2D eigenvalue weighted by molar-refractivity contribution is 0.269. The Hall–Kier alpha value is -2.24. The molecule has 1 aromatic heterocycles. The smallest absolute Gasteiger partial charge is 0.171 e. The molecule has 3 aromatic rings. The Labute approximate surface area is 125 Å².